The number of rotatable bonds is 3. The van der Waals surface area contributed by atoms with Crippen molar-refractivity contribution in [2.75, 3.05) is 0 Å². The largest absolute Gasteiger partial charge is 0.308 e. The molecule has 5 heteroatoms. The van der Waals surface area contributed by atoms with Crippen LogP contribution in [0.2, 0.25) is 0 Å². The smallest absolute Gasteiger partial charge is 0.250 e. The summed E-state index contributed by atoms with van der Waals surface area (Å²) in [5, 5.41) is 7.55. The van der Waals surface area contributed by atoms with Crippen LogP contribution in [-0.4, -0.2) is 25.3 Å². The number of aryl methyl sites for hydroxylation is 1. The van der Waals surface area contributed by atoms with E-state index in [1.165, 1.54) is 0 Å². The molecule has 5 nitrogen and oxygen atoms in total. The molecule has 0 saturated carbocycles. The maximum absolute atomic E-state index is 4.47. The van der Waals surface area contributed by atoms with Crippen LogP contribution in [-0.2, 0) is 6.54 Å². The van der Waals surface area contributed by atoms with Gasteiger partial charge in [0.25, 0.3) is 5.95 Å². The third kappa shape index (κ3) is 3.13. The standard InChI is InChI=1S/C13H19N5/c1-10-11(9-15-13(2,3)4)8-14-12(17-10)18-7-5-6-16-18/h5-8,15H,9H2,1-4H3. The first kappa shape index (κ1) is 12.7. The van der Waals surface area contributed by atoms with Gasteiger partial charge in [0.05, 0.1) is 0 Å². The summed E-state index contributed by atoms with van der Waals surface area (Å²) in [6.45, 7) is 9.19. The molecule has 0 fully saturated rings. The Kier molecular flexibility index (Phi) is 3.43. The molecule has 0 aromatic carbocycles. The van der Waals surface area contributed by atoms with Gasteiger partial charge in [-0.1, -0.05) is 0 Å². The van der Waals surface area contributed by atoms with E-state index in [-0.39, 0.29) is 5.54 Å². The van der Waals surface area contributed by atoms with E-state index in [0.717, 1.165) is 17.8 Å². The van der Waals surface area contributed by atoms with Crippen LogP contribution < -0.4 is 5.32 Å². The molecule has 0 amide bonds. The first-order valence-electron chi connectivity index (χ1n) is 6.03. The fourth-order valence-electron chi connectivity index (χ4n) is 1.51. The molecular formula is C13H19N5. The van der Waals surface area contributed by atoms with Crippen LogP contribution >= 0.6 is 0 Å². The lowest BCUT2D eigenvalue weighted by atomic mass is 10.1. The second-order valence-electron chi connectivity index (χ2n) is 5.33. The minimum Gasteiger partial charge on any atom is -0.308 e. The van der Waals surface area contributed by atoms with Crippen molar-refractivity contribution in [2.24, 2.45) is 0 Å². The molecule has 0 bridgehead atoms. The molecule has 0 saturated heterocycles. The van der Waals surface area contributed by atoms with E-state index in [2.05, 4.69) is 41.2 Å². The van der Waals surface area contributed by atoms with Crippen molar-refractivity contribution < 1.29 is 0 Å². The number of nitrogens with zero attached hydrogens (tertiary/aromatic N) is 4. The van der Waals surface area contributed by atoms with Crippen molar-refractivity contribution in [1.82, 2.24) is 25.1 Å². The van der Waals surface area contributed by atoms with Crippen LogP contribution in [0.3, 0.4) is 0 Å². The van der Waals surface area contributed by atoms with Crippen molar-refractivity contribution in [3.8, 4) is 5.95 Å². The summed E-state index contributed by atoms with van der Waals surface area (Å²) in [5.74, 6) is 0.608. The van der Waals surface area contributed by atoms with Crippen LogP contribution in [0.25, 0.3) is 5.95 Å². The molecule has 1 N–H and O–H groups in total. The molecule has 2 aromatic heterocycles. The number of hydrogen-bond acceptors (Lipinski definition) is 4. The van der Waals surface area contributed by atoms with E-state index < -0.39 is 0 Å². The molecule has 2 aromatic rings. The number of aromatic nitrogens is 4. The summed E-state index contributed by atoms with van der Waals surface area (Å²) in [6.07, 6.45) is 5.41. The first-order chi connectivity index (χ1) is 8.46. The van der Waals surface area contributed by atoms with E-state index in [1.54, 1.807) is 10.9 Å². The predicted molar refractivity (Wildman–Crippen MR) is 70.5 cm³/mol. The van der Waals surface area contributed by atoms with Crippen molar-refractivity contribution in [1.29, 1.82) is 0 Å². The molecule has 0 unspecified atom stereocenters. The highest BCUT2D eigenvalue weighted by atomic mass is 15.3. The Morgan fingerprint density at radius 2 is 2.11 bits per heavy atom. The average molecular weight is 245 g/mol. The number of hydrogen-bond donors (Lipinski definition) is 1. The third-order valence-electron chi connectivity index (χ3n) is 2.59. The van der Waals surface area contributed by atoms with Gasteiger partial charge in [0, 0.05) is 41.9 Å². The topological polar surface area (TPSA) is 55.6 Å². The fraction of sp³-hybridized carbons (Fsp3) is 0.462. The molecule has 0 spiro atoms. The summed E-state index contributed by atoms with van der Waals surface area (Å²) in [5.41, 5.74) is 2.18. The highest BCUT2D eigenvalue weighted by Crippen LogP contribution is 2.08. The molecule has 2 rings (SSSR count). The Hall–Kier alpha value is -1.75. The van der Waals surface area contributed by atoms with Crippen molar-refractivity contribution in [3.63, 3.8) is 0 Å². The first-order valence-corrected chi connectivity index (χ1v) is 6.03. The van der Waals surface area contributed by atoms with E-state index in [4.69, 9.17) is 0 Å². The minimum absolute atomic E-state index is 0.0904. The molecule has 0 atom stereocenters. The lowest BCUT2D eigenvalue weighted by molar-refractivity contribution is 0.423. The fourth-order valence-corrected chi connectivity index (χ4v) is 1.51. The van der Waals surface area contributed by atoms with Gasteiger partial charge >= 0.3 is 0 Å². The van der Waals surface area contributed by atoms with Gasteiger partial charge < -0.3 is 5.32 Å². The van der Waals surface area contributed by atoms with Crippen LogP contribution in [0.15, 0.2) is 24.7 Å². The normalized spacial score (nSPS) is 11.8. The third-order valence-corrected chi connectivity index (χ3v) is 2.59. The Labute approximate surface area is 107 Å². The zero-order valence-electron chi connectivity index (χ0n) is 11.3. The molecule has 0 aliphatic heterocycles. The van der Waals surface area contributed by atoms with Crippen LogP contribution in [0.5, 0.6) is 0 Å². The summed E-state index contributed by atoms with van der Waals surface area (Å²) in [7, 11) is 0. The quantitative estimate of drug-likeness (QED) is 0.896. The van der Waals surface area contributed by atoms with Gasteiger partial charge in [-0.25, -0.2) is 14.6 Å². The molecule has 18 heavy (non-hydrogen) atoms. The van der Waals surface area contributed by atoms with Crippen molar-refractivity contribution in [2.45, 2.75) is 39.8 Å². The van der Waals surface area contributed by atoms with Gasteiger partial charge in [-0.15, -0.1) is 0 Å². The average Bonchev–Trinajstić information content (AvgIpc) is 2.79. The summed E-state index contributed by atoms with van der Waals surface area (Å²) in [4.78, 5) is 8.80. The Morgan fingerprint density at radius 1 is 1.33 bits per heavy atom. The molecule has 0 aliphatic carbocycles. The van der Waals surface area contributed by atoms with Gasteiger partial charge in [-0.05, 0) is 33.8 Å². The zero-order valence-corrected chi connectivity index (χ0v) is 11.3. The van der Waals surface area contributed by atoms with E-state index in [9.17, 15) is 0 Å². The van der Waals surface area contributed by atoms with Gasteiger partial charge in [0.15, 0.2) is 0 Å². The molecule has 96 valence electrons. The summed E-state index contributed by atoms with van der Waals surface area (Å²) in [6, 6.07) is 1.85. The Balaban J connectivity index is 2.16. The van der Waals surface area contributed by atoms with E-state index >= 15 is 0 Å². The highest BCUT2D eigenvalue weighted by molar-refractivity contribution is 5.21. The second-order valence-corrected chi connectivity index (χ2v) is 5.33. The lowest BCUT2D eigenvalue weighted by Crippen LogP contribution is -2.35. The van der Waals surface area contributed by atoms with E-state index in [0.29, 0.717) is 5.95 Å². The predicted octanol–water partition coefficient (Wildman–Crippen LogP) is 1.86. The molecular weight excluding hydrogens is 226 g/mol. The maximum atomic E-state index is 4.47. The molecule has 2 heterocycles. The molecule has 0 radical (unpaired) electrons. The SMILES string of the molecule is Cc1nc(-n2cccn2)ncc1CNC(C)(C)C. The van der Waals surface area contributed by atoms with Crippen LogP contribution in [0.1, 0.15) is 32.0 Å². The molecule has 0 aliphatic rings. The Morgan fingerprint density at radius 3 is 2.67 bits per heavy atom. The van der Waals surface area contributed by atoms with Crippen molar-refractivity contribution >= 4 is 0 Å². The highest BCUT2D eigenvalue weighted by Gasteiger charge is 2.11. The summed E-state index contributed by atoms with van der Waals surface area (Å²) < 4.78 is 1.66. The van der Waals surface area contributed by atoms with Crippen LogP contribution in [0, 0.1) is 6.92 Å². The van der Waals surface area contributed by atoms with Gasteiger partial charge in [-0.2, -0.15) is 5.10 Å². The van der Waals surface area contributed by atoms with E-state index in [1.807, 2.05) is 25.4 Å². The lowest BCUT2D eigenvalue weighted by Gasteiger charge is -2.20. The zero-order chi connectivity index (χ0) is 13.2. The summed E-state index contributed by atoms with van der Waals surface area (Å²) >= 11 is 0. The monoisotopic (exact) mass is 245 g/mol. The second kappa shape index (κ2) is 4.86. The Bertz CT molecular complexity index is 511. The van der Waals surface area contributed by atoms with Gasteiger partial charge in [-0.3, -0.25) is 0 Å². The van der Waals surface area contributed by atoms with Gasteiger partial charge in [0.2, 0.25) is 0 Å². The maximum Gasteiger partial charge on any atom is 0.250 e. The van der Waals surface area contributed by atoms with Crippen molar-refractivity contribution in [3.05, 3.63) is 35.9 Å². The number of nitrogens with one attached hydrogen (secondary N) is 1. The minimum atomic E-state index is 0.0904. The van der Waals surface area contributed by atoms with Gasteiger partial charge in [0.1, 0.15) is 0 Å². The van der Waals surface area contributed by atoms with Crippen LogP contribution in [0.4, 0.5) is 0 Å².